The van der Waals surface area contributed by atoms with Gasteiger partial charge in [-0.25, -0.2) is 0 Å². The Morgan fingerprint density at radius 2 is 1.55 bits per heavy atom. The van der Waals surface area contributed by atoms with E-state index in [0.29, 0.717) is 12.1 Å². The molecule has 204 valence electrons. The zero-order valence-corrected chi connectivity index (χ0v) is 21.9. The summed E-state index contributed by atoms with van der Waals surface area (Å²) in [6, 6.07) is 12.1. The quantitative estimate of drug-likeness (QED) is 0.307. The molecule has 3 aromatic rings. The van der Waals surface area contributed by atoms with E-state index in [9.17, 15) is 18.0 Å². The number of likely N-dealkylation sites (tertiary alicyclic amines) is 1. The highest BCUT2D eigenvalue weighted by Crippen LogP contribution is 2.32. The molecule has 2 saturated heterocycles. The first-order valence-electron chi connectivity index (χ1n) is 13.9. The van der Waals surface area contributed by atoms with Crippen molar-refractivity contribution in [3.8, 4) is 0 Å². The Morgan fingerprint density at radius 3 is 2.32 bits per heavy atom. The molecule has 2 aliphatic rings. The van der Waals surface area contributed by atoms with Crippen LogP contribution in [0.25, 0.3) is 10.8 Å². The van der Waals surface area contributed by atoms with E-state index in [-0.39, 0.29) is 5.91 Å². The highest BCUT2D eigenvalue weighted by molar-refractivity contribution is 5.89. The Balaban J connectivity index is 1.01. The average molecular weight is 527 g/mol. The van der Waals surface area contributed by atoms with Gasteiger partial charge >= 0.3 is 6.18 Å². The largest absolute Gasteiger partial charge is 0.416 e. The summed E-state index contributed by atoms with van der Waals surface area (Å²) in [7, 11) is 0. The Labute approximate surface area is 222 Å². The van der Waals surface area contributed by atoms with Crippen LogP contribution in [-0.4, -0.2) is 66.1 Å². The van der Waals surface area contributed by atoms with Crippen molar-refractivity contribution in [2.75, 3.05) is 50.7 Å². The lowest BCUT2D eigenvalue weighted by atomic mass is 10.1. The molecule has 0 N–H and O–H groups in total. The lowest BCUT2D eigenvalue weighted by Gasteiger charge is -2.36. The monoisotopic (exact) mass is 526 g/mol. The molecule has 0 saturated carbocycles. The Kier molecular flexibility index (Phi) is 8.39. The first kappa shape index (κ1) is 26.8. The molecule has 0 unspecified atom stereocenters. The number of anilines is 1. The number of carbonyl (C=O) groups is 1. The van der Waals surface area contributed by atoms with Gasteiger partial charge in [-0.3, -0.25) is 19.2 Å². The van der Waals surface area contributed by atoms with Crippen molar-refractivity contribution in [3.05, 3.63) is 66.0 Å². The van der Waals surface area contributed by atoms with Crippen LogP contribution in [0.15, 0.2) is 54.9 Å². The molecule has 5 rings (SSSR count). The normalized spacial score (nSPS) is 17.5. The van der Waals surface area contributed by atoms with Gasteiger partial charge in [0, 0.05) is 62.6 Å². The highest BCUT2D eigenvalue weighted by Gasteiger charge is 2.31. The van der Waals surface area contributed by atoms with Crippen LogP contribution in [0.5, 0.6) is 0 Å². The van der Waals surface area contributed by atoms with E-state index in [1.165, 1.54) is 43.6 Å². The molecule has 38 heavy (non-hydrogen) atoms. The van der Waals surface area contributed by atoms with Crippen molar-refractivity contribution >= 4 is 22.4 Å². The van der Waals surface area contributed by atoms with Gasteiger partial charge in [0.25, 0.3) is 0 Å². The fourth-order valence-corrected chi connectivity index (χ4v) is 5.66. The van der Waals surface area contributed by atoms with Crippen molar-refractivity contribution in [2.45, 2.75) is 51.2 Å². The molecule has 2 fully saturated rings. The van der Waals surface area contributed by atoms with Crippen LogP contribution in [-0.2, 0) is 12.7 Å². The summed E-state index contributed by atoms with van der Waals surface area (Å²) < 4.78 is 40.8. The van der Waals surface area contributed by atoms with Crippen LogP contribution in [0.3, 0.4) is 0 Å². The molecular weight excluding hydrogens is 489 g/mol. The number of alkyl halides is 3. The average Bonchev–Trinajstić information content (AvgIpc) is 3.58. The molecule has 0 amide bonds. The fraction of sp³-hybridized carbons (Fsp3) is 0.500. The van der Waals surface area contributed by atoms with Crippen LogP contribution >= 0.6 is 0 Å². The SMILES string of the molecule is O=C(CCCCCN1CCN(c2cccc(C(F)(F)F)c2)CC1)n1cc2ccc(CN3CCCC3)cc2c1. The smallest absolute Gasteiger partial charge is 0.369 e. The number of unbranched alkanes of at least 4 members (excludes halogenated alkanes) is 2. The van der Waals surface area contributed by atoms with Crippen molar-refractivity contribution in [2.24, 2.45) is 0 Å². The van der Waals surface area contributed by atoms with Gasteiger partial charge in [-0.1, -0.05) is 24.6 Å². The van der Waals surface area contributed by atoms with Gasteiger partial charge in [0.15, 0.2) is 0 Å². The minimum atomic E-state index is -4.31. The van der Waals surface area contributed by atoms with Crippen molar-refractivity contribution in [3.63, 3.8) is 0 Å². The van der Waals surface area contributed by atoms with Crippen molar-refractivity contribution in [1.29, 1.82) is 0 Å². The lowest BCUT2D eigenvalue weighted by molar-refractivity contribution is -0.137. The van der Waals surface area contributed by atoms with Crippen molar-refractivity contribution < 1.29 is 18.0 Å². The van der Waals surface area contributed by atoms with Crippen molar-refractivity contribution in [1.82, 2.24) is 14.4 Å². The zero-order valence-electron chi connectivity index (χ0n) is 21.9. The Morgan fingerprint density at radius 1 is 0.789 bits per heavy atom. The molecule has 0 radical (unpaired) electrons. The third-order valence-corrected chi connectivity index (χ3v) is 7.88. The van der Waals surface area contributed by atoms with E-state index >= 15 is 0 Å². The first-order valence-corrected chi connectivity index (χ1v) is 13.9. The van der Waals surface area contributed by atoms with E-state index in [1.807, 2.05) is 17.3 Å². The molecule has 0 bridgehead atoms. The van der Waals surface area contributed by atoms with Crippen LogP contribution in [0.2, 0.25) is 0 Å². The van der Waals surface area contributed by atoms with Gasteiger partial charge in [0.05, 0.1) is 5.56 Å². The highest BCUT2D eigenvalue weighted by atomic mass is 19.4. The second-order valence-corrected chi connectivity index (χ2v) is 10.7. The summed E-state index contributed by atoms with van der Waals surface area (Å²) in [5.41, 5.74) is 1.35. The second kappa shape index (κ2) is 11.9. The van der Waals surface area contributed by atoms with Crippen LogP contribution in [0.1, 0.15) is 54.4 Å². The zero-order chi connectivity index (χ0) is 26.5. The Hall–Kier alpha value is -2.84. The van der Waals surface area contributed by atoms with E-state index in [4.69, 9.17) is 0 Å². The number of rotatable bonds is 9. The van der Waals surface area contributed by atoms with Crippen LogP contribution < -0.4 is 4.90 Å². The maximum Gasteiger partial charge on any atom is 0.416 e. The van der Waals surface area contributed by atoms with Crippen LogP contribution in [0.4, 0.5) is 18.9 Å². The summed E-state index contributed by atoms with van der Waals surface area (Å²) in [5.74, 6) is 0.136. The fourth-order valence-electron chi connectivity index (χ4n) is 5.66. The number of halogens is 3. The van der Waals surface area contributed by atoms with E-state index in [1.54, 1.807) is 10.6 Å². The number of nitrogens with zero attached hydrogens (tertiary/aromatic N) is 4. The minimum absolute atomic E-state index is 0.136. The molecule has 3 heterocycles. The number of piperazine rings is 1. The van der Waals surface area contributed by atoms with Gasteiger partial charge in [0.1, 0.15) is 0 Å². The molecule has 2 aromatic carbocycles. The molecular formula is C30H37F3N4O. The number of carbonyl (C=O) groups excluding carboxylic acids is 1. The van der Waals surface area contributed by atoms with Crippen LogP contribution in [0, 0.1) is 0 Å². The predicted octanol–water partition coefficient (Wildman–Crippen LogP) is 6.28. The van der Waals surface area contributed by atoms with E-state index in [0.717, 1.165) is 75.4 Å². The van der Waals surface area contributed by atoms with Gasteiger partial charge in [-0.2, -0.15) is 13.2 Å². The summed E-state index contributed by atoms with van der Waals surface area (Å²) in [6.45, 7) is 7.41. The lowest BCUT2D eigenvalue weighted by Crippen LogP contribution is -2.46. The van der Waals surface area contributed by atoms with Gasteiger partial charge < -0.3 is 4.90 Å². The van der Waals surface area contributed by atoms with Gasteiger partial charge in [0.2, 0.25) is 5.91 Å². The maximum absolute atomic E-state index is 13.0. The topological polar surface area (TPSA) is 31.7 Å². The number of aromatic nitrogens is 1. The predicted molar refractivity (Wildman–Crippen MR) is 146 cm³/mol. The molecule has 0 atom stereocenters. The standard InChI is InChI=1S/C30H37F3N4O/c31-30(32,33)27-7-6-8-28(20-27)36-17-15-34(16-18-36)12-3-1-2-9-29(38)37-22-25-11-10-24(19-26(25)23-37)21-35-13-4-5-14-35/h6-8,10-11,19-20,22-23H,1-5,9,12-18,21H2. The summed E-state index contributed by atoms with van der Waals surface area (Å²) in [6.07, 6.45) is 5.56. The number of hydrogen-bond donors (Lipinski definition) is 0. The number of benzene rings is 2. The van der Waals surface area contributed by atoms with Gasteiger partial charge in [-0.05, 0) is 80.5 Å². The summed E-state index contributed by atoms with van der Waals surface area (Å²) >= 11 is 0. The molecule has 0 spiro atoms. The van der Waals surface area contributed by atoms with E-state index < -0.39 is 11.7 Å². The maximum atomic E-state index is 13.0. The molecule has 8 heteroatoms. The number of fused-ring (bicyclic) bond motifs is 1. The third kappa shape index (κ3) is 6.77. The third-order valence-electron chi connectivity index (χ3n) is 7.88. The van der Waals surface area contributed by atoms with Gasteiger partial charge in [-0.15, -0.1) is 0 Å². The molecule has 2 aliphatic heterocycles. The first-order chi connectivity index (χ1) is 18.3. The molecule has 1 aromatic heterocycles. The number of hydrogen-bond acceptors (Lipinski definition) is 4. The molecule has 5 nitrogen and oxygen atoms in total. The Bertz CT molecular complexity index is 1220. The van der Waals surface area contributed by atoms with E-state index in [2.05, 4.69) is 28.0 Å². The molecule has 0 aliphatic carbocycles. The minimum Gasteiger partial charge on any atom is -0.369 e. The summed E-state index contributed by atoms with van der Waals surface area (Å²) in [5, 5.41) is 2.23. The summed E-state index contributed by atoms with van der Waals surface area (Å²) in [4.78, 5) is 19.6. The second-order valence-electron chi connectivity index (χ2n) is 10.7.